The van der Waals surface area contributed by atoms with Gasteiger partial charge in [0.2, 0.25) is 0 Å². The predicted octanol–water partition coefficient (Wildman–Crippen LogP) is 7.92. The van der Waals surface area contributed by atoms with Gasteiger partial charge in [-0.2, -0.15) is 5.26 Å². The Morgan fingerprint density at radius 3 is 2.19 bits per heavy atom. The normalized spacial score (nSPS) is 10.9. The first-order valence-electron chi connectivity index (χ1n) is 11.4. The summed E-state index contributed by atoms with van der Waals surface area (Å²) >= 11 is 6.93. The van der Waals surface area contributed by atoms with Crippen LogP contribution < -0.4 is 14.8 Å². The van der Waals surface area contributed by atoms with Crippen molar-refractivity contribution in [3.8, 4) is 17.6 Å². The van der Waals surface area contributed by atoms with Crippen molar-refractivity contribution in [3.05, 3.63) is 128 Å². The van der Waals surface area contributed by atoms with Gasteiger partial charge in [0.05, 0.1) is 4.47 Å². The van der Waals surface area contributed by atoms with Gasteiger partial charge in [-0.25, -0.2) is 0 Å². The van der Waals surface area contributed by atoms with E-state index in [4.69, 9.17) is 9.47 Å². The number of benzene rings is 4. The van der Waals surface area contributed by atoms with Crippen molar-refractivity contribution in [1.82, 2.24) is 0 Å². The van der Waals surface area contributed by atoms with Gasteiger partial charge in [-0.15, -0.1) is 0 Å². The van der Waals surface area contributed by atoms with Crippen molar-refractivity contribution in [2.24, 2.45) is 0 Å². The lowest BCUT2D eigenvalue weighted by molar-refractivity contribution is -0.112. The summed E-state index contributed by atoms with van der Waals surface area (Å²) in [5, 5.41) is 12.3. The van der Waals surface area contributed by atoms with E-state index in [1.165, 1.54) is 6.08 Å². The second-order valence-electron chi connectivity index (χ2n) is 8.03. The van der Waals surface area contributed by atoms with E-state index in [1.54, 1.807) is 42.5 Å². The number of nitrogens with zero attached hydrogens (tertiary/aromatic N) is 1. The van der Waals surface area contributed by atoms with E-state index in [2.05, 4.69) is 37.2 Å². The van der Waals surface area contributed by atoms with Gasteiger partial charge in [-0.1, -0.05) is 64.5 Å². The van der Waals surface area contributed by atoms with Gasteiger partial charge >= 0.3 is 0 Å². The monoisotopic (exact) mass is 616 g/mol. The molecule has 0 atom stereocenters. The van der Waals surface area contributed by atoms with Crippen LogP contribution in [-0.2, 0) is 18.0 Å². The quantitative estimate of drug-likeness (QED) is 0.153. The molecule has 4 aromatic rings. The van der Waals surface area contributed by atoms with E-state index < -0.39 is 5.91 Å². The molecule has 0 fully saturated rings. The molecule has 0 unspecified atom stereocenters. The van der Waals surface area contributed by atoms with E-state index >= 15 is 0 Å². The predicted molar refractivity (Wildman–Crippen MR) is 152 cm³/mol. The molecule has 0 aliphatic rings. The molecule has 0 radical (unpaired) electrons. The van der Waals surface area contributed by atoms with Gasteiger partial charge in [0.1, 0.15) is 36.4 Å². The van der Waals surface area contributed by atoms with Crippen LogP contribution in [0, 0.1) is 11.3 Å². The first-order chi connectivity index (χ1) is 18.0. The largest absolute Gasteiger partial charge is 0.489 e. The third-order valence-electron chi connectivity index (χ3n) is 5.30. The fourth-order valence-corrected chi connectivity index (χ4v) is 4.13. The number of hydrogen-bond donors (Lipinski definition) is 1. The molecule has 0 saturated heterocycles. The lowest BCUT2D eigenvalue weighted by atomic mass is 10.1. The van der Waals surface area contributed by atoms with Gasteiger partial charge in [-0.05, 0) is 87.2 Å². The molecule has 7 heteroatoms. The maximum absolute atomic E-state index is 12.7. The van der Waals surface area contributed by atoms with Gasteiger partial charge in [0, 0.05) is 10.2 Å². The number of carbonyl (C=O) groups excluding carboxylic acids is 1. The van der Waals surface area contributed by atoms with Crippen molar-refractivity contribution < 1.29 is 14.3 Å². The van der Waals surface area contributed by atoms with Crippen LogP contribution in [-0.4, -0.2) is 5.91 Å². The minimum atomic E-state index is -0.493. The zero-order valence-corrected chi connectivity index (χ0v) is 22.8. The summed E-state index contributed by atoms with van der Waals surface area (Å²) < 4.78 is 13.4. The number of ether oxygens (including phenoxy) is 2. The molecular weight excluding hydrogens is 596 g/mol. The lowest BCUT2D eigenvalue weighted by Gasteiger charge is -2.10. The number of anilines is 1. The van der Waals surface area contributed by atoms with Crippen LogP contribution in [0.3, 0.4) is 0 Å². The van der Waals surface area contributed by atoms with Crippen LogP contribution in [0.25, 0.3) is 6.08 Å². The van der Waals surface area contributed by atoms with Crippen molar-refractivity contribution in [2.75, 3.05) is 5.32 Å². The number of nitriles is 1. The molecule has 1 N–H and O–H groups in total. The lowest BCUT2D eigenvalue weighted by Crippen LogP contribution is -2.13. The molecule has 0 heterocycles. The Balaban J connectivity index is 1.35. The summed E-state index contributed by atoms with van der Waals surface area (Å²) in [5.41, 5.74) is 3.35. The van der Waals surface area contributed by atoms with Crippen LogP contribution in [0.4, 0.5) is 5.69 Å². The minimum absolute atomic E-state index is 0.0140. The Bertz CT molecular complexity index is 1430. The van der Waals surface area contributed by atoms with Crippen LogP contribution in [0.5, 0.6) is 11.5 Å². The Kier molecular flexibility index (Phi) is 9.14. The van der Waals surface area contributed by atoms with Gasteiger partial charge in [0.15, 0.2) is 0 Å². The van der Waals surface area contributed by atoms with Crippen LogP contribution in [0.2, 0.25) is 0 Å². The maximum atomic E-state index is 12.7. The van der Waals surface area contributed by atoms with Crippen molar-refractivity contribution in [2.45, 2.75) is 13.2 Å². The molecule has 0 saturated carbocycles. The summed E-state index contributed by atoms with van der Waals surface area (Å²) in [7, 11) is 0. The molecule has 0 aliphatic heterocycles. The second kappa shape index (κ2) is 12.9. The average Bonchev–Trinajstić information content (AvgIpc) is 2.92. The van der Waals surface area contributed by atoms with Crippen molar-refractivity contribution in [1.29, 1.82) is 5.26 Å². The molecule has 0 spiro atoms. The highest BCUT2D eigenvalue weighted by atomic mass is 79.9. The van der Waals surface area contributed by atoms with E-state index in [1.807, 2.05) is 60.7 Å². The third kappa shape index (κ3) is 7.81. The van der Waals surface area contributed by atoms with Crippen LogP contribution in [0.1, 0.15) is 16.7 Å². The van der Waals surface area contributed by atoms with E-state index in [0.717, 1.165) is 20.1 Å². The molecule has 1 amide bonds. The molecule has 5 nitrogen and oxygen atoms in total. The Labute approximate surface area is 232 Å². The second-order valence-corrected chi connectivity index (χ2v) is 9.80. The van der Waals surface area contributed by atoms with E-state index in [0.29, 0.717) is 36.0 Å². The first-order valence-corrected chi connectivity index (χ1v) is 13.0. The highest BCUT2D eigenvalue weighted by Gasteiger charge is 2.11. The number of amides is 1. The summed E-state index contributed by atoms with van der Waals surface area (Å²) in [6.45, 7) is 0.875. The molecule has 0 aromatic heterocycles. The molecular formula is C30H22Br2N2O3. The van der Waals surface area contributed by atoms with Crippen LogP contribution in [0.15, 0.2) is 112 Å². The summed E-state index contributed by atoms with van der Waals surface area (Å²) in [6.07, 6.45) is 1.54. The van der Waals surface area contributed by atoms with Gasteiger partial charge < -0.3 is 14.8 Å². The molecule has 184 valence electrons. The topological polar surface area (TPSA) is 71.3 Å². The Hall–Kier alpha value is -3.86. The number of halogens is 2. The van der Waals surface area contributed by atoms with E-state index in [9.17, 15) is 10.1 Å². The summed E-state index contributed by atoms with van der Waals surface area (Å²) in [4.78, 5) is 12.7. The van der Waals surface area contributed by atoms with Crippen LogP contribution >= 0.6 is 31.9 Å². The molecule has 0 bridgehead atoms. The summed E-state index contributed by atoms with van der Waals surface area (Å²) in [5.74, 6) is 0.856. The first kappa shape index (κ1) is 26.2. The number of rotatable bonds is 9. The average molecular weight is 618 g/mol. The SMILES string of the molecule is N#C/C(=C\c1ccc(OCc2ccc(Br)cc2)c(Br)c1)C(=O)Nc1ccc(OCc2ccccc2)cc1. The number of hydrogen-bond acceptors (Lipinski definition) is 4. The highest BCUT2D eigenvalue weighted by Crippen LogP contribution is 2.28. The third-order valence-corrected chi connectivity index (χ3v) is 6.45. The fraction of sp³-hybridized carbons (Fsp3) is 0.0667. The molecule has 37 heavy (non-hydrogen) atoms. The van der Waals surface area contributed by atoms with E-state index in [-0.39, 0.29) is 5.57 Å². The standard InChI is InChI=1S/C30H22Br2N2O3/c31-25-9-6-22(7-10-25)20-37-29-15-8-23(17-28(29)32)16-24(18-33)30(35)34-26-11-13-27(14-12-26)36-19-21-4-2-1-3-5-21/h1-17H,19-20H2,(H,34,35)/b24-16+. The smallest absolute Gasteiger partial charge is 0.266 e. The number of nitrogens with one attached hydrogen (secondary N) is 1. The van der Waals surface area contributed by atoms with Crippen molar-refractivity contribution in [3.63, 3.8) is 0 Å². The zero-order chi connectivity index (χ0) is 26.0. The highest BCUT2D eigenvalue weighted by molar-refractivity contribution is 9.10. The van der Waals surface area contributed by atoms with Gasteiger partial charge in [-0.3, -0.25) is 4.79 Å². The molecule has 0 aliphatic carbocycles. The maximum Gasteiger partial charge on any atom is 0.266 e. The Morgan fingerprint density at radius 2 is 1.51 bits per heavy atom. The Morgan fingerprint density at radius 1 is 0.838 bits per heavy atom. The molecule has 4 aromatic carbocycles. The van der Waals surface area contributed by atoms with Crippen molar-refractivity contribution >= 4 is 49.5 Å². The molecule has 4 rings (SSSR count). The zero-order valence-electron chi connectivity index (χ0n) is 19.7. The van der Waals surface area contributed by atoms with Gasteiger partial charge in [0.25, 0.3) is 5.91 Å². The fourth-order valence-electron chi connectivity index (χ4n) is 3.35. The summed E-state index contributed by atoms with van der Waals surface area (Å²) in [6, 6.07) is 32.2. The number of carbonyl (C=O) groups is 1. The minimum Gasteiger partial charge on any atom is -0.489 e.